The quantitative estimate of drug-likeness (QED) is 0.197. The van der Waals surface area contributed by atoms with Crippen LogP contribution < -0.4 is 14.8 Å². The van der Waals surface area contributed by atoms with E-state index in [4.69, 9.17) is 9.47 Å². The monoisotopic (exact) mass is 550 g/mol. The van der Waals surface area contributed by atoms with Gasteiger partial charge in [-0.15, -0.1) is 10.2 Å². The second kappa shape index (κ2) is 12.1. The van der Waals surface area contributed by atoms with Gasteiger partial charge < -0.3 is 14.8 Å². The van der Waals surface area contributed by atoms with E-state index >= 15 is 0 Å². The number of nitrogens with zero attached hydrogens (tertiary/aromatic N) is 3. The van der Waals surface area contributed by atoms with Crippen molar-refractivity contribution in [2.75, 3.05) is 19.5 Å². The zero-order valence-electron chi connectivity index (χ0n) is 22.8. The molecule has 1 aromatic heterocycles. The fourth-order valence-electron chi connectivity index (χ4n) is 4.20. The highest BCUT2D eigenvalue weighted by Crippen LogP contribution is 2.32. The van der Waals surface area contributed by atoms with Crippen LogP contribution >= 0.6 is 11.8 Å². The molecule has 0 aliphatic heterocycles. The summed E-state index contributed by atoms with van der Waals surface area (Å²) < 4.78 is 12.8. The van der Waals surface area contributed by atoms with Crippen LogP contribution in [0.25, 0.3) is 17.1 Å². The molecule has 0 atom stereocenters. The molecule has 5 rings (SSSR count). The third-order valence-corrected chi connectivity index (χ3v) is 7.64. The van der Waals surface area contributed by atoms with Gasteiger partial charge in [-0.25, -0.2) is 0 Å². The molecule has 202 valence electrons. The lowest BCUT2D eigenvalue weighted by Crippen LogP contribution is -2.12. The van der Waals surface area contributed by atoms with Crippen molar-refractivity contribution in [3.63, 3.8) is 0 Å². The first kappa shape index (κ1) is 27.0. The fourth-order valence-corrected chi connectivity index (χ4v) is 5.11. The van der Waals surface area contributed by atoms with Crippen molar-refractivity contribution in [2.24, 2.45) is 0 Å². The van der Waals surface area contributed by atoms with Gasteiger partial charge in [0.25, 0.3) is 5.91 Å². The summed E-state index contributed by atoms with van der Waals surface area (Å²) in [5.74, 6) is 2.76. The van der Waals surface area contributed by atoms with E-state index in [2.05, 4.69) is 22.4 Å². The van der Waals surface area contributed by atoms with Crippen LogP contribution in [0.5, 0.6) is 11.5 Å². The Labute approximate surface area is 238 Å². The molecule has 0 saturated heterocycles. The molecular formula is C32H30N4O3S. The van der Waals surface area contributed by atoms with Gasteiger partial charge in [0.15, 0.2) is 11.0 Å². The van der Waals surface area contributed by atoms with Gasteiger partial charge in [0, 0.05) is 28.3 Å². The molecule has 0 fully saturated rings. The summed E-state index contributed by atoms with van der Waals surface area (Å²) in [6.07, 6.45) is 0. The number of rotatable bonds is 9. The molecule has 5 aromatic rings. The van der Waals surface area contributed by atoms with E-state index in [0.29, 0.717) is 17.1 Å². The Hall–Kier alpha value is -4.56. The number of hydrogen-bond acceptors (Lipinski definition) is 6. The number of carbonyl (C=O) groups is 1. The van der Waals surface area contributed by atoms with E-state index in [1.807, 2.05) is 102 Å². The fraction of sp³-hybridized carbons (Fsp3) is 0.156. The number of benzene rings is 4. The van der Waals surface area contributed by atoms with E-state index in [-0.39, 0.29) is 5.91 Å². The highest BCUT2D eigenvalue weighted by Gasteiger charge is 2.17. The van der Waals surface area contributed by atoms with Gasteiger partial charge in [-0.05, 0) is 91.2 Å². The standard InChI is InChI=1S/C32H30N4O3S/c1-21-8-13-26(18-22(21)2)33-31(37)24-11-9-23(10-12-24)20-40-32-35-34-30(25-6-5-7-29(19-25)39-4)36(32)27-14-16-28(38-3)17-15-27/h5-19H,20H2,1-4H3,(H,33,37). The van der Waals surface area contributed by atoms with Gasteiger partial charge >= 0.3 is 0 Å². The van der Waals surface area contributed by atoms with Crippen molar-refractivity contribution in [3.05, 3.63) is 113 Å². The summed E-state index contributed by atoms with van der Waals surface area (Å²) >= 11 is 1.58. The van der Waals surface area contributed by atoms with Crippen LogP contribution in [0.4, 0.5) is 5.69 Å². The van der Waals surface area contributed by atoms with E-state index in [1.165, 1.54) is 5.56 Å². The Balaban J connectivity index is 1.35. The number of hydrogen-bond donors (Lipinski definition) is 1. The van der Waals surface area contributed by atoms with Crippen molar-refractivity contribution < 1.29 is 14.3 Å². The zero-order chi connectivity index (χ0) is 28.1. The first-order valence-corrected chi connectivity index (χ1v) is 13.8. The predicted octanol–water partition coefficient (Wildman–Crippen LogP) is 7.11. The van der Waals surface area contributed by atoms with Gasteiger partial charge in [0.1, 0.15) is 11.5 Å². The Morgan fingerprint density at radius 3 is 2.27 bits per heavy atom. The molecular weight excluding hydrogens is 520 g/mol. The molecule has 0 aliphatic rings. The van der Waals surface area contributed by atoms with Crippen molar-refractivity contribution in [1.29, 1.82) is 0 Å². The molecule has 0 aliphatic carbocycles. The highest BCUT2D eigenvalue weighted by molar-refractivity contribution is 7.98. The van der Waals surface area contributed by atoms with Crippen LogP contribution in [-0.4, -0.2) is 34.9 Å². The van der Waals surface area contributed by atoms with Crippen LogP contribution in [-0.2, 0) is 5.75 Å². The number of anilines is 1. The van der Waals surface area contributed by atoms with Crippen molar-refractivity contribution in [3.8, 4) is 28.6 Å². The number of carbonyl (C=O) groups excluding carboxylic acids is 1. The number of aryl methyl sites for hydroxylation is 2. The summed E-state index contributed by atoms with van der Waals surface area (Å²) in [5, 5.41) is 12.8. The highest BCUT2D eigenvalue weighted by atomic mass is 32.2. The average molecular weight is 551 g/mol. The second-order valence-electron chi connectivity index (χ2n) is 9.31. The van der Waals surface area contributed by atoms with Crippen LogP contribution in [0.3, 0.4) is 0 Å². The largest absolute Gasteiger partial charge is 0.497 e. The topological polar surface area (TPSA) is 78.3 Å². The minimum Gasteiger partial charge on any atom is -0.497 e. The van der Waals surface area contributed by atoms with Crippen LogP contribution in [0.2, 0.25) is 0 Å². The van der Waals surface area contributed by atoms with Crippen LogP contribution in [0.15, 0.2) is 96.2 Å². The molecule has 1 amide bonds. The summed E-state index contributed by atoms with van der Waals surface area (Å²) in [7, 11) is 3.29. The number of aromatic nitrogens is 3. The number of nitrogens with one attached hydrogen (secondary N) is 1. The first-order valence-electron chi connectivity index (χ1n) is 12.8. The minimum absolute atomic E-state index is 0.135. The van der Waals surface area contributed by atoms with Crippen LogP contribution in [0.1, 0.15) is 27.0 Å². The third kappa shape index (κ3) is 6.02. The lowest BCUT2D eigenvalue weighted by Gasteiger charge is -2.12. The zero-order valence-corrected chi connectivity index (χ0v) is 23.7. The number of ether oxygens (including phenoxy) is 2. The molecule has 0 unspecified atom stereocenters. The smallest absolute Gasteiger partial charge is 0.255 e. The average Bonchev–Trinajstić information content (AvgIpc) is 3.42. The first-order chi connectivity index (χ1) is 19.4. The maximum Gasteiger partial charge on any atom is 0.255 e. The summed E-state index contributed by atoms with van der Waals surface area (Å²) in [5.41, 5.74) is 6.62. The predicted molar refractivity (Wildman–Crippen MR) is 160 cm³/mol. The normalized spacial score (nSPS) is 10.8. The Morgan fingerprint density at radius 1 is 0.825 bits per heavy atom. The van der Waals surface area contributed by atoms with E-state index in [9.17, 15) is 4.79 Å². The molecule has 7 nitrogen and oxygen atoms in total. The molecule has 4 aromatic carbocycles. The lowest BCUT2D eigenvalue weighted by atomic mass is 10.1. The van der Waals surface area contributed by atoms with Gasteiger partial charge in [0.05, 0.1) is 14.2 Å². The number of methoxy groups -OCH3 is 2. The maximum absolute atomic E-state index is 12.8. The van der Waals surface area contributed by atoms with Gasteiger partial charge in [-0.2, -0.15) is 0 Å². The SMILES string of the molecule is COc1ccc(-n2c(SCc3ccc(C(=O)Nc4ccc(C)c(C)c4)cc3)nnc2-c2cccc(OC)c2)cc1. The van der Waals surface area contributed by atoms with E-state index in [1.54, 1.807) is 26.0 Å². The van der Waals surface area contributed by atoms with E-state index in [0.717, 1.165) is 44.7 Å². The van der Waals surface area contributed by atoms with Crippen molar-refractivity contribution in [2.45, 2.75) is 24.8 Å². The van der Waals surface area contributed by atoms with Crippen molar-refractivity contribution in [1.82, 2.24) is 14.8 Å². The molecule has 1 N–H and O–H groups in total. The molecule has 8 heteroatoms. The summed E-state index contributed by atoms with van der Waals surface area (Å²) in [6.45, 7) is 4.09. The molecule has 1 heterocycles. The lowest BCUT2D eigenvalue weighted by molar-refractivity contribution is 0.102. The van der Waals surface area contributed by atoms with E-state index < -0.39 is 0 Å². The molecule has 40 heavy (non-hydrogen) atoms. The molecule has 0 radical (unpaired) electrons. The molecule has 0 spiro atoms. The van der Waals surface area contributed by atoms with Gasteiger partial charge in [-0.3, -0.25) is 9.36 Å². The summed E-state index contributed by atoms with van der Waals surface area (Å²) in [4.78, 5) is 12.8. The minimum atomic E-state index is -0.135. The summed E-state index contributed by atoms with van der Waals surface area (Å²) in [6, 6.07) is 29.1. The Bertz CT molecular complexity index is 1630. The number of amides is 1. The van der Waals surface area contributed by atoms with Gasteiger partial charge in [0.2, 0.25) is 0 Å². The van der Waals surface area contributed by atoms with Crippen molar-refractivity contribution >= 4 is 23.4 Å². The van der Waals surface area contributed by atoms with Crippen LogP contribution in [0, 0.1) is 13.8 Å². The Morgan fingerprint density at radius 2 is 1.57 bits per heavy atom. The molecule has 0 bridgehead atoms. The second-order valence-corrected chi connectivity index (χ2v) is 10.3. The molecule has 0 saturated carbocycles. The maximum atomic E-state index is 12.8. The third-order valence-electron chi connectivity index (χ3n) is 6.64. The Kier molecular flexibility index (Phi) is 8.17. The number of thioether (sulfide) groups is 1. The van der Waals surface area contributed by atoms with Gasteiger partial charge in [-0.1, -0.05) is 42.1 Å².